The Morgan fingerprint density at radius 1 is 1.08 bits per heavy atom. The molecule has 0 aliphatic heterocycles. The normalized spacial score (nSPS) is 12.8. The summed E-state index contributed by atoms with van der Waals surface area (Å²) in [6.07, 6.45) is 5.10. The predicted molar refractivity (Wildman–Crippen MR) is 124 cm³/mol. The quantitative estimate of drug-likeness (QED) is 0.148. The number of benzene rings is 2. The first-order valence-corrected chi connectivity index (χ1v) is 11.4. The van der Waals surface area contributed by atoms with E-state index in [-0.39, 0.29) is 25.1 Å². The number of aliphatic hydroxyl groups is 1. The highest BCUT2D eigenvalue weighted by Gasteiger charge is 2.35. The minimum Gasteiger partial charge on any atom is -0.494 e. The molecule has 11 nitrogen and oxygen atoms in total. The third kappa shape index (κ3) is 6.71. The van der Waals surface area contributed by atoms with Gasteiger partial charge in [-0.25, -0.2) is 33.6 Å². The SMILES string of the molecule is O=C(Cc1ccc(OCCCc2ncnn2CC(O)(Cn2cncn2)c2ccc(F)cc2F)cc1)NO. The lowest BCUT2D eigenvalue weighted by molar-refractivity contribution is -0.128. The van der Waals surface area contributed by atoms with Gasteiger partial charge in [0.25, 0.3) is 0 Å². The second kappa shape index (κ2) is 11.7. The van der Waals surface area contributed by atoms with Crippen LogP contribution in [-0.4, -0.2) is 52.4 Å². The van der Waals surface area contributed by atoms with Crippen LogP contribution in [-0.2, 0) is 36.3 Å². The molecule has 194 valence electrons. The van der Waals surface area contributed by atoms with Gasteiger partial charge in [-0.15, -0.1) is 0 Å². The van der Waals surface area contributed by atoms with Crippen molar-refractivity contribution in [3.63, 3.8) is 0 Å². The molecular formula is C24H25F2N7O4. The fourth-order valence-corrected chi connectivity index (χ4v) is 3.88. The zero-order valence-electron chi connectivity index (χ0n) is 19.7. The molecule has 1 amide bonds. The van der Waals surface area contributed by atoms with Crippen LogP contribution in [0.1, 0.15) is 23.4 Å². The van der Waals surface area contributed by atoms with E-state index in [1.165, 1.54) is 34.4 Å². The van der Waals surface area contributed by atoms with E-state index in [0.29, 0.717) is 31.0 Å². The minimum atomic E-state index is -1.82. The predicted octanol–water partition coefficient (Wildman–Crippen LogP) is 1.80. The molecule has 3 N–H and O–H groups in total. The van der Waals surface area contributed by atoms with Crippen LogP contribution in [0.15, 0.2) is 61.4 Å². The Hall–Kier alpha value is -4.23. The fraction of sp³-hybridized carbons (Fsp3) is 0.292. The number of nitrogens with one attached hydrogen (secondary N) is 1. The van der Waals surface area contributed by atoms with Gasteiger partial charge < -0.3 is 9.84 Å². The Labute approximate surface area is 210 Å². The molecule has 0 fully saturated rings. The van der Waals surface area contributed by atoms with Crippen LogP contribution >= 0.6 is 0 Å². The first kappa shape index (κ1) is 25.9. The van der Waals surface area contributed by atoms with E-state index in [2.05, 4.69) is 20.2 Å². The molecule has 0 aliphatic carbocycles. The van der Waals surface area contributed by atoms with E-state index in [9.17, 15) is 18.7 Å². The molecule has 1 unspecified atom stereocenters. The van der Waals surface area contributed by atoms with Crippen molar-refractivity contribution >= 4 is 5.91 Å². The largest absolute Gasteiger partial charge is 0.494 e. The lowest BCUT2D eigenvalue weighted by Crippen LogP contribution is -2.38. The molecule has 2 aromatic carbocycles. The van der Waals surface area contributed by atoms with Crippen LogP contribution in [0.5, 0.6) is 5.75 Å². The Morgan fingerprint density at radius 3 is 2.59 bits per heavy atom. The summed E-state index contributed by atoms with van der Waals surface area (Å²) in [4.78, 5) is 19.3. The van der Waals surface area contributed by atoms with Crippen LogP contribution in [0, 0.1) is 11.6 Å². The van der Waals surface area contributed by atoms with Gasteiger partial charge in [0.15, 0.2) is 0 Å². The third-order valence-electron chi connectivity index (χ3n) is 5.66. The summed E-state index contributed by atoms with van der Waals surface area (Å²) in [6, 6.07) is 9.91. The van der Waals surface area contributed by atoms with Crippen molar-refractivity contribution in [2.24, 2.45) is 0 Å². The van der Waals surface area contributed by atoms with Crippen molar-refractivity contribution in [2.45, 2.75) is 38.0 Å². The maximum absolute atomic E-state index is 14.7. The zero-order chi connectivity index (χ0) is 26.3. The van der Waals surface area contributed by atoms with E-state index in [1.54, 1.807) is 29.7 Å². The number of aryl methyl sites for hydroxylation is 1. The molecule has 0 aliphatic rings. The molecule has 0 bridgehead atoms. The number of carbonyl (C=O) groups is 1. The second-order valence-electron chi connectivity index (χ2n) is 8.39. The third-order valence-corrected chi connectivity index (χ3v) is 5.66. The van der Waals surface area contributed by atoms with E-state index >= 15 is 0 Å². The van der Waals surface area contributed by atoms with Gasteiger partial charge in [-0.1, -0.05) is 18.2 Å². The van der Waals surface area contributed by atoms with Gasteiger partial charge in [-0.2, -0.15) is 10.2 Å². The molecule has 37 heavy (non-hydrogen) atoms. The van der Waals surface area contributed by atoms with Crippen LogP contribution in [0.2, 0.25) is 0 Å². The number of hydrogen-bond donors (Lipinski definition) is 3. The lowest BCUT2D eigenvalue weighted by atomic mass is 9.92. The topological polar surface area (TPSA) is 140 Å². The van der Waals surface area contributed by atoms with Gasteiger partial charge in [-0.3, -0.25) is 10.0 Å². The van der Waals surface area contributed by atoms with E-state index < -0.39 is 23.1 Å². The maximum Gasteiger partial charge on any atom is 0.247 e. The maximum atomic E-state index is 14.7. The highest BCUT2D eigenvalue weighted by molar-refractivity contribution is 5.77. The molecule has 0 radical (unpaired) electrons. The summed E-state index contributed by atoms with van der Waals surface area (Å²) < 4.78 is 36.8. The summed E-state index contributed by atoms with van der Waals surface area (Å²) >= 11 is 0. The van der Waals surface area contributed by atoms with E-state index in [0.717, 1.165) is 17.7 Å². The van der Waals surface area contributed by atoms with Gasteiger partial charge >= 0.3 is 0 Å². The number of rotatable bonds is 12. The van der Waals surface area contributed by atoms with Crippen molar-refractivity contribution in [2.75, 3.05) is 6.61 Å². The van der Waals surface area contributed by atoms with Crippen molar-refractivity contribution in [1.82, 2.24) is 35.0 Å². The monoisotopic (exact) mass is 513 g/mol. The van der Waals surface area contributed by atoms with Crippen molar-refractivity contribution < 1.29 is 28.6 Å². The van der Waals surface area contributed by atoms with Gasteiger partial charge in [-0.05, 0) is 30.2 Å². The molecule has 2 heterocycles. The second-order valence-corrected chi connectivity index (χ2v) is 8.39. The molecule has 0 saturated heterocycles. The number of hydroxylamine groups is 1. The average Bonchev–Trinajstić information content (AvgIpc) is 3.54. The van der Waals surface area contributed by atoms with Crippen LogP contribution in [0.3, 0.4) is 0 Å². The molecule has 4 rings (SSSR count). The zero-order valence-corrected chi connectivity index (χ0v) is 19.7. The van der Waals surface area contributed by atoms with E-state index in [4.69, 9.17) is 9.94 Å². The Kier molecular flexibility index (Phi) is 8.15. The average molecular weight is 514 g/mol. The van der Waals surface area contributed by atoms with Crippen LogP contribution in [0.4, 0.5) is 8.78 Å². The fourth-order valence-electron chi connectivity index (χ4n) is 3.88. The number of halogens is 2. The Bertz CT molecular complexity index is 1320. The van der Waals surface area contributed by atoms with Crippen molar-refractivity contribution in [1.29, 1.82) is 0 Å². The standard InChI is InChI=1S/C24H25F2N7O4/c25-18-5-8-20(21(26)11-18)24(35,12-32-16-27-14-29-32)13-33-22(28-15-30-33)2-1-9-37-19-6-3-17(4-7-19)10-23(34)31-36/h3-8,11,14-16,35-36H,1-2,9-10,12-13H2,(H,31,34). The summed E-state index contributed by atoms with van der Waals surface area (Å²) in [5, 5.41) is 28.3. The number of aromatic nitrogens is 6. The van der Waals surface area contributed by atoms with Gasteiger partial charge in [0, 0.05) is 18.1 Å². The number of hydrogen-bond acceptors (Lipinski definition) is 8. The summed E-state index contributed by atoms with van der Waals surface area (Å²) in [5.74, 6) is -0.984. The molecule has 2 aromatic heterocycles. The Morgan fingerprint density at radius 2 is 1.89 bits per heavy atom. The summed E-state index contributed by atoms with van der Waals surface area (Å²) in [7, 11) is 0. The molecule has 13 heteroatoms. The highest BCUT2D eigenvalue weighted by Crippen LogP contribution is 2.28. The molecule has 0 saturated carbocycles. The number of ether oxygens (including phenoxy) is 1. The first-order valence-electron chi connectivity index (χ1n) is 11.4. The van der Waals surface area contributed by atoms with Crippen molar-refractivity contribution in [3.8, 4) is 5.75 Å². The number of carbonyl (C=O) groups excluding carboxylic acids is 1. The summed E-state index contributed by atoms with van der Waals surface area (Å²) in [5.41, 5.74) is 0.389. The summed E-state index contributed by atoms with van der Waals surface area (Å²) in [6.45, 7) is 0.0571. The molecule has 0 spiro atoms. The van der Waals surface area contributed by atoms with Gasteiger partial charge in [0.05, 0.1) is 26.1 Å². The van der Waals surface area contributed by atoms with Crippen LogP contribution in [0.25, 0.3) is 0 Å². The van der Waals surface area contributed by atoms with Crippen LogP contribution < -0.4 is 10.2 Å². The molecule has 4 aromatic rings. The van der Waals surface area contributed by atoms with E-state index in [1.807, 2.05) is 0 Å². The first-order chi connectivity index (χ1) is 17.9. The number of nitrogens with zero attached hydrogens (tertiary/aromatic N) is 6. The number of amides is 1. The molecule has 1 atom stereocenters. The highest BCUT2D eigenvalue weighted by atomic mass is 19.1. The Balaban J connectivity index is 1.40. The van der Waals surface area contributed by atoms with Gasteiger partial charge in [0.2, 0.25) is 5.91 Å². The smallest absolute Gasteiger partial charge is 0.247 e. The lowest BCUT2D eigenvalue weighted by Gasteiger charge is -2.29. The minimum absolute atomic E-state index is 0.0531. The molecular weight excluding hydrogens is 488 g/mol. The van der Waals surface area contributed by atoms with Gasteiger partial charge in [0.1, 0.15) is 47.8 Å². The van der Waals surface area contributed by atoms with Crippen molar-refractivity contribution in [3.05, 3.63) is 90.0 Å².